The van der Waals surface area contributed by atoms with Gasteiger partial charge in [0.25, 0.3) is 0 Å². The van der Waals surface area contributed by atoms with E-state index in [1.165, 1.54) is 6.92 Å². The minimum absolute atomic E-state index is 0.00796. The maximum Gasteiger partial charge on any atom is 0.306 e. The zero-order valence-corrected chi connectivity index (χ0v) is 30.5. The van der Waals surface area contributed by atoms with Gasteiger partial charge in [-0.05, 0) is 82.6 Å². The summed E-state index contributed by atoms with van der Waals surface area (Å²) in [6.45, 7) is 6.94. The van der Waals surface area contributed by atoms with E-state index in [0.717, 1.165) is 17.5 Å². The van der Waals surface area contributed by atoms with Gasteiger partial charge in [-0.25, -0.2) is 0 Å². The molecule has 0 fully saturated rings. The lowest BCUT2D eigenvalue weighted by atomic mass is 9.91. The predicted molar refractivity (Wildman–Crippen MR) is 192 cm³/mol. The summed E-state index contributed by atoms with van der Waals surface area (Å²) in [5.74, 6) is -1.85. The average Bonchev–Trinajstić information content (AvgIpc) is 3.06. The van der Waals surface area contributed by atoms with E-state index in [1.54, 1.807) is 30.0 Å². The molecule has 0 aliphatic carbocycles. The molecule has 0 heterocycles. The molecule has 0 bridgehead atoms. The number of amides is 1. The van der Waals surface area contributed by atoms with Gasteiger partial charge < -0.3 is 14.8 Å². The third-order valence-corrected chi connectivity index (χ3v) is 8.59. The number of hydrogen-bond donors (Lipinski definition) is 1. The predicted octanol–water partition coefficient (Wildman–Crippen LogP) is 6.88. The third kappa shape index (κ3) is 18.0. The molecule has 0 spiro atoms. The van der Waals surface area contributed by atoms with E-state index in [9.17, 15) is 28.8 Å². The van der Waals surface area contributed by atoms with Crippen LogP contribution in [-0.4, -0.2) is 59.3 Å². The first-order valence-corrected chi connectivity index (χ1v) is 18.5. The van der Waals surface area contributed by atoms with Crippen LogP contribution in [0.2, 0.25) is 0 Å². The molecule has 0 aliphatic rings. The number of esters is 2. The number of carbonyl (C=O) groups is 6. The summed E-state index contributed by atoms with van der Waals surface area (Å²) in [7, 11) is 0. The van der Waals surface area contributed by atoms with Crippen molar-refractivity contribution in [1.82, 2.24) is 5.32 Å². The van der Waals surface area contributed by atoms with Gasteiger partial charge in [-0.15, -0.1) is 0 Å². The van der Waals surface area contributed by atoms with Gasteiger partial charge in [0.05, 0.1) is 6.54 Å². The number of ether oxygens (including phenoxy) is 2. The van der Waals surface area contributed by atoms with Crippen molar-refractivity contribution in [1.29, 1.82) is 0 Å². The Hall–Kier alpha value is -3.79. The van der Waals surface area contributed by atoms with E-state index < -0.39 is 17.4 Å². The number of aryl methyl sites for hydroxylation is 1. The van der Waals surface area contributed by atoms with E-state index in [4.69, 9.17) is 9.47 Å². The quantitative estimate of drug-likeness (QED) is 0.0751. The molecule has 10 heteroatoms. The van der Waals surface area contributed by atoms with Crippen molar-refractivity contribution >= 4 is 47.0 Å². The molecule has 268 valence electrons. The van der Waals surface area contributed by atoms with Crippen LogP contribution in [0, 0.1) is 11.8 Å². The monoisotopic (exact) mass is 695 g/mol. The molecule has 2 rings (SSSR count). The number of unbranched alkanes of at least 4 members (excludes halogenated alkanes) is 2. The first-order valence-electron chi connectivity index (χ1n) is 17.1. The van der Waals surface area contributed by atoms with Crippen molar-refractivity contribution in [2.75, 3.05) is 18.6 Å². The third-order valence-electron chi connectivity index (χ3n) is 7.94. The molecule has 0 saturated carbocycles. The Morgan fingerprint density at radius 3 is 2.18 bits per heavy atom. The van der Waals surface area contributed by atoms with Gasteiger partial charge in [0.1, 0.15) is 18.0 Å². The minimum atomic E-state index is -0.610. The maximum absolute atomic E-state index is 13.2. The summed E-state index contributed by atoms with van der Waals surface area (Å²) in [5.41, 5.74) is 1.66. The summed E-state index contributed by atoms with van der Waals surface area (Å²) in [6, 6.07) is 16.5. The fourth-order valence-corrected chi connectivity index (χ4v) is 5.76. The first kappa shape index (κ1) is 41.4. The van der Waals surface area contributed by atoms with Gasteiger partial charge in [-0.3, -0.25) is 28.8 Å². The lowest BCUT2D eigenvalue weighted by Crippen LogP contribution is -2.36. The average molecular weight is 696 g/mol. The van der Waals surface area contributed by atoms with Crippen LogP contribution in [0.25, 0.3) is 0 Å². The van der Waals surface area contributed by atoms with E-state index in [-0.39, 0.29) is 67.6 Å². The van der Waals surface area contributed by atoms with Gasteiger partial charge in [-0.1, -0.05) is 61.4 Å². The van der Waals surface area contributed by atoms with Gasteiger partial charge in [-0.2, -0.15) is 11.8 Å². The zero-order chi connectivity index (χ0) is 36.2. The van der Waals surface area contributed by atoms with Crippen molar-refractivity contribution in [3.8, 4) is 0 Å². The molecule has 1 amide bonds. The number of thioether (sulfide) groups is 1. The number of hydrogen-bond acceptors (Lipinski definition) is 9. The van der Waals surface area contributed by atoms with Crippen molar-refractivity contribution < 1.29 is 38.2 Å². The van der Waals surface area contributed by atoms with Gasteiger partial charge in [0, 0.05) is 43.1 Å². The van der Waals surface area contributed by atoms with E-state index in [1.807, 2.05) is 63.4 Å². The van der Waals surface area contributed by atoms with Gasteiger partial charge in [0.2, 0.25) is 5.91 Å². The van der Waals surface area contributed by atoms with E-state index in [2.05, 4.69) is 5.32 Å². The minimum Gasteiger partial charge on any atom is -0.461 e. The molecule has 0 aliphatic heterocycles. The molecule has 1 N–H and O–H groups in total. The maximum atomic E-state index is 13.2. The Morgan fingerprint density at radius 1 is 0.796 bits per heavy atom. The summed E-state index contributed by atoms with van der Waals surface area (Å²) in [5, 5.41) is 2.70. The van der Waals surface area contributed by atoms with Gasteiger partial charge >= 0.3 is 11.9 Å². The Balaban J connectivity index is 1.80. The molecule has 0 unspecified atom stereocenters. The van der Waals surface area contributed by atoms with Crippen LogP contribution in [0.15, 0.2) is 54.6 Å². The van der Waals surface area contributed by atoms with Crippen LogP contribution in [0.1, 0.15) is 107 Å². The van der Waals surface area contributed by atoms with Crippen molar-refractivity contribution in [3.05, 3.63) is 71.3 Å². The molecular weight excluding hydrogens is 642 g/mol. The molecule has 0 saturated heterocycles. The highest BCUT2D eigenvalue weighted by Gasteiger charge is 2.24. The first-order chi connectivity index (χ1) is 23.3. The molecule has 0 aromatic heterocycles. The standard InChI is InChI=1S/C39H53NO8S/c1-28(41)31(16-10-7-11-18-36(44)47-27-30-13-8-6-9-14-30)24-34(42)26-40-38(46)33(21-22-49-5)25-35(43)32-17-12-15-29(23-32)19-20-37(45)48-39(2,3)4/h6,8-9,12-15,17,23,31,33H,7,10-11,16,18-22,24-27H2,1-5H3,(H,40,46)/t31-,33-/m1/s1. The number of rotatable bonds is 23. The van der Waals surface area contributed by atoms with E-state index >= 15 is 0 Å². The highest BCUT2D eigenvalue weighted by molar-refractivity contribution is 7.98. The van der Waals surface area contributed by atoms with Crippen LogP contribution in [0.4, 0.5) is 0 Å². The number of benzene rings is 2. The zero-order valence-electron chi connectivity index (χ0n) is 29.7. The highest BCUT2D eigenvalue weighted by Crippen LogP contribution is 2.20. The van der Waals surface area contributed by atoms with Crippen LogP contribution in [0.3, 0.4) is 0 Å². The van der Waals surface area contributed by atoms with Gasteiger partial charge in [0.15, 0.2) is 11.6 Å². The fraction of sp³-hybridized carbons (Fsp3) is 0.538. The number of nitrogens with one attached hydrogen (secondary N) is 1. The van der Waals surface area contributed by atoms with Crippen molar-refractivity contribution in [2.24, 2.45) is 11.8 Å². The normalized spacial score (nSPS) is 12.4. The Morgan fingerprint density at radius 2 is 1.51 bits per heavy atom. The van der Waals surface area contributed by atoms with Crippen molar-refractivity contribution in [3.63, 3.8) is 0 Å². The molecule has 0 radical (unpaired) electrons. The molecule has 9 nitrogen and oxygen atoms in total. The molecule has 49 heavy (non-hydrogen) atoms. The number of ketones is 3. The van der Waals surface area contributed by atoms with Crippen LogP contribution < -0.4 is 5.32 Å². The summed E-state index contributed by atoms with van der Waals surface area (Å²) in [6.07, 6.45) is 5.91. The molecule has 2 aromatic rings. The largest absolute Gasteiger partial charge is 0.461 e. The molecular formula is C39H53NO8S. The Bertz CT molecular complexity index is 1380. The SMILES string of the molecule is CSCC[C@H](CC(=O)c1cccc(CCC(=O)OC(C)(C)C)c1)C(=O)NCC(=O)C[C@@H](CCCCCC(=O)OCc1ccccc1)C(C)=O. The lowest BCUT2D eigenvalue weighted by molar-refractivity contribution is -0.154. The number of carbonyl (C=O) groups excluding carboxylic acids is 6. The Labute approximate surface area is 295 Å². The van der Waals surface area contributed by atoms with Crippen LogP contribution in [-0.2, 0) is 46.5 Å². The molecule has 2 aromatic carbocycles. The summed E-state index contributed by atoms with van der Waals surface area (Å²) >= 11 is 1.57. The van der Waals surface area contributed by atoms with Crippen molar-refractivity contribution in [2.45, 2.75) is 104 Å². The topological polar surface area (TPSA) is 133 Å². The summed E-state index contributed by atoms with van der Waals surface area (Å²) in [4.78, 5) is 75.6. The molecule has 2 atom stereocenters. The smallest absolute Gasteiger partial charge is 0.306 e. The second-order valence-corrected chi connectivity index (χ2v) is 14.4. The highest BCUT2D eigenvalue weighted by atomic mass is 32.2. The second kappa shape index (κ2) is 22.0. The Kier molecular flexibility index (Phi) is 18.6. The summed E-state index contributed by atoms with van der Waals surface area (Å²) < 4.78 is 10.7. The number of Topliss-reactive ketones (excluding diaryl/α,β-unsaturated/α-hetero) is 3. The fourth-order valence-electron chi connectivity index (χ4n) is 5.24. The van der Waals surface area contributed by atoms with E-state index in [0.29, 0.717) is 49.8 Å². The van der Waals surface area contributed by atoms with Crippen LogP contribution in [0.5, 0.6) is 0 Å². The van der Waals surface area contributed by atoms with Crippen LogP contribution >= 0.6 is 11.8 Å². The second-order valence-electron chi connectivity index (χ2n) is 13.4. The lowest BCUT2D eigenvalue weighted by Gasteiger charge is -2.19.